The minimum atomic E-state index is 0.778. The van der Waals surface area contributed by atoms with Crippen molar-refractivity contribution in [3.63, 3.8) is 0 Å². The fourth-order valence-electron chi connectivity index (χ4n) is 2.09. The predicted molar refractivity (Wildman–Crippen MR) is 78.6 cm³/mol. The van der Waals surface area contributed by atoms with E-state index in [1.54, 1.807) is 0 Å². The number of nitrogens with two attached hydrogens (primary N) is 1. The summed E-state index contributed by atoms with van der Waals surface area (Å²) in [7, 11) is 0. The fourth-order valence-corrected chi connectivity index (χ4v) is 2.36. The van der Waals surface area contributed by atoms with Crippen LogP contribution in [0.5, 0.6) is 0 Å². The van der Waals surface area contributed by atoms with Gasteiger partial charge in [-0.25, -0.2) is 0 Å². The van der Waals surface area contributed by atoms with Crippen molar-refractivity contribution in [1.29, 1.82) is 0 Å². The van der Waals surface area contributed by atoms with Crippen LogP contribution in [-0.2, 0) is 19.4 Å². The zero-order chi connectivity index (χ0) is 13.1. The van der Waals surface area contributed by atoms with Crippen molar-refractivity contribution < 1.29 is 0 Å². The third kappa shape index (κ3) is 2.58. The van der Waals surface area contributed by atoms with Gasteiger partial charge in [0.2, 0.25) is 0 Å². The molecule has 96 valence electrons. The van der Waals surface area contributed by atoms with Gasteiger partial charge in [-0.3, -0.25) is 4.68 Å². The largest absolute Gasteiger partial charge is 0.396 e. The van der Waals surface area contributed by atoms with Crippen molar-refractivity contribution in [2.75, 3.05) is 5.73 Å². The second kappa shape index (κ2) is 5.57. The number of rotatable bonds is 4. The fraction of sp³-hybridized carbons (Fsp3) is 0.357. The van der Waals surface area contributed by atoms with Gasteiger partial charge in [-0.05, 0) is 30.5 Å². The summed E-state index contributed by atoms with van der Waals surface area (Å²) in [5.41, 5.74) is 10.3. The molecule has 0 saturated heterocycles. The Morgan fingerprint density at radius 1 is 1.17 bits per heavy atom. The minimum absolute atomic E-state index is 0.778. The van der Waals surface area contributed by atoms with Crippen LogP contribution in [0.15, 0.2) is 28.7 Å². The van der Waals surface area contributed by atoms with E-state index in [1.807, 2.05) is 4.68 Å². The third-order valence-electron chi connectivity index (χ3n) is 3.09. The van der Waals surface area contributed by atoms with E-state index in [2.05, 4.69) is 59.1 Å². The summed E-state index contributed by atoms with van der Waals surface area (Å²) in [4.78, 5) is 0. The topological polar surface area (TPSA) is 43.8 Å². The van der Waals surface area contributed by atoms with Crippen LogP contribution in [0.25, 0.3) is 0 Å². The van der Waals surface area contributed by atoms with E-state index in [0.717, 1.165) is 40.9 Å². The van der Waals surface area contributed by atoms with Gasteiger partial charge in [0.1, 0.15) is 0 Å². The average Bonchev–Trinajstić information content (AvgIpc) is 2.68. The van der Waals surface area contributed by atoms with Gasteiger partial charge in [0.25, 0.3) is 0 Å². The van der Waals surface area contributed by atoms with Gasteiger partial charge in [-0.1, -0.05) is 41.9 Å². The molecule has 1 aromatic heterocycles. The van der Waals surface area contributed by atoms with E-state index in [1.165, 1.54) is 5.56 Å². The van der Waals surface area contributed by atoms with E-state index in [9.17, 15) is 0 Å². The maximum absolute atomic E-state index is 6.11. The Bertz CT molecular complexity index is 529. The summed E-state index contributed by atoms with van der Waals surface area (Å²) in [5.74, 6) is 0. The Morgan fingerprint density at radius 2 is 1.83 bits per heavy atom. The average molecular weight is 308 g/mol. The number of halogens is 1. The van der Waals surface area contributed by atoms with Gasteiger partial charge >= 0.3 is 0 Å². The van der Waals surface area contributed by atoms with Crippen molar-refractivity contribution in [2.24, 2.45) is 0 Å². The first-order valence-electron chi connectivity index (χ1n) is 6.24. The third-order valence-corrected chi connectivity index (χ3v) is 3.62. The van der Waals surface area contributed by atoms with Gasteiger partial charge in [-0.2, -0.15) is 5.10 Å². The van der Waals surface area contributed by atoms with Crippen molar-refractivity contribution >= 4 is 21.6 Å². The summed E-state index contributed by atoms with van der Waals surface area (Å²) in [6.45, 7) is 4.98. The molecule has 1 heterocycles. The van der Waals surface area contributed by atoms with Crippen molar-refractivity contribution in [1.82, 2.24) is 9.78 Å². The summed E-state index contributed by atoms with van der Waals surface area (Å²) >= 11 is 3.44. The lowest BCUT2D eigenvalue weighted by Gasteiger charge is -2.06. The monoisotopic (exact) mass is 307 g/mol. The van der Waals surface area contributed by atoms with Crippen molar-refractivity contribution in [3.05, 3.63) is 45.7 Å². The molecule has 2 aromatic rings. The first-order valence-corrected chi connectivity index (χ1v) is 7.03. The molecule has 0 aliphatic carbocycles. The molecule has 0 aliphatic heterocycles. The smallest absolute Gasteiger partial charge is 0.0854 e. The van der Waals surface area contributed by atoms with Crippen LogP contribution in [-0.4, -0.2) is 9.78 Å². The van der Waals surface area contributed by atoms with Gasteiger partial charge < -0.3 is 5.73 Å². The lowest BCUT2D eigenvalue weighted by atomic mass is 10.2. The molecule has 4 heteroatoms. The van der Waals surface area contributed by atoms with E-state index in [0.29, 0.717) is 0 Å². The molecular weight excluding hydrogens is 290 g/mol. The SMILES string of the molecule is CCc1nn(Cc2ccc(Br)cc2)c(CC)c1N. The molecule has 1 aromatic carbocycles. The van der Waals surface area contributed by atoms with Crippen LogP contribution >= 0.6 is 15.9 Å². The number of nitrogens with zero attached hydrogens (tertiary/aromatic N) is 2. The maximum Gasteiger partial charge on any atom is 0.0854 e. The normalized spacial score (nSPS) is 10.8. The molecule has 0 amide bonds. The van der Waals surface area contributed by atoms with Crippen LogP contribution in [0.3, 0.4) is 0 Å². The Hall–Kier alpha value is -1.29. The second-order valence-corrected chi connectivity index (χ2v) is 5.21. The summed E-state index contributed by atoms with van der Waals surface area (Å²) in [6, 6.07) is 8.31. The van der Waals surface area contributed by atoms with Gasteiger partial charge in [0.05, 0.1) is 23.6 Å². The highest BCUT2D eigenvalue weighted by Crippen LogP contribution is 2.20. The Balaban J connectivity index is 2.31. The Kier molecular flexibility index (Phi) is 4.07. The Morgan fingerprint density at radius 3 is 2.39 bits per heavy atom. The molecular formula is C14H18BrN3. The lowest BCUT2D eigenvalue weighted by Crippen LogP contribution is -2.06. The van der Waals surface area contributed by atoms with Crippen molar-refractivity contribution in [3.8, 4) is 0 Å². The molecule has 2 rings (SSSR count). The van der Waals surface area contributed by atoms with E-state index >= 15 is 0 Å². The number of aryl methyl sites for hydroxylation is 1. The number of anilines is 1. The van der Waals surface area contributed by atoms with Crippen LogP contribution in [0.1, 0.15) is 30.8 Å². The predicted octanol–water partition coefficient (Wildman–Crippen LogP) is 3.40. The Labute approximate surface area is 116 Å². The highest BCUT2D eigenvalue weighted by molar-refractivity contribution is 9.10. The molecule has 0 saturated carbocycles. The highest BCUT2D eigenvalue weighted by atomic mass is 79.9. The van der Waals surface area contributed by atoms with Crippen molar-refractivity contribution in [2.45, 2.75) is 33.2 Å². The summed E-state index contributed by atoms with van der Waals surface area (Å²) in [5, 5.41) is 4.60. The molecule has 0 radical (unpaired) electrons. The minimum Gasteiger partial charge on any atom is -0.396 e. The van der Waals surface area contributed by atoms with Crippen LogP contribution in [0, 0.1) is 0 Å². The van der Waals surface area contributed by atoms with Gasteiger partial charge in [0.15, 0.2) is 0 Å². The summed E-state index contributed by atoms with van der Waals surface area (Å²) in [6.07, 6.45) is 1.79. The maximum atomic E-state index is 6.11. The highest BCUT2D eigenvalue weighted by Gasteiger charge is 2.12. The first-order chi connectivity index (χ1) is 8.65. The number of hydrogen-bond donors (Lipinski definition) is 1. The van der Waals surface area contributed by atoms with E-state index in [4.69, 9.17) is 5.73 Å². The molecule has 18 heavy (non-hydrogen) atoms. The molecule has 0 bridgehead atoms. The standard InChI is InChI=1S/C14H18BrN3/c1-3-12-14(16)13(4-2)18(17-12)9-10-5-7-11(15)8-6-10/h5-8H,3-4,9,16H2,1-2H3. The van der Waals surface area contributed by atoms with Crippen LogP contribution < -0.4 is 5.73 Å². The quantitative estimate of drug-likeness (QED) is 0.941. The number of benzene rings is 1. The molecule has 0 aliphatic rings. The molecule has 2 N–H and O–H groups in total. The summed E-state index contributed by atoms with van der Waals surface area (Å²) < 4.78 is 3.12. The number of aromatic nitrogens is 2. The number of hydrogen-bond acceptors (Lipinski definition) is 2. The molecule has 3 nitrogen and oxygen atoms in total. The molecule has 0 atom stereocenters. The second-order valence-electron chi connectivity index (χ2n) is 4.30. The van der Waals surface area contributed by atoms with E-state index in [-0.39, 0.29) is 0 Å². The first kappa shape index (κ1) is 13.1. The zero-order valence-electron chi connectivity index (χ0n) is 10.8. The van der Waals surface area contributed by atoms with E-state index < -0.39 is 0 Å². The lowest BCUT2D eigenvalue weighted by molar-refractivity contribution is 0.640. The van der Waals surface area contributed by atoms with Gasteiger partial charge in [-0.15, -0.1) is 0 Å². The van der Waals surface area contributed by atoms with Crippen LogP contribution in [0.2, 0.25) is 0 Å². The molecule has 0 spiro atoms. The van der Waals surface area contributed by atoms with Gasteiger partial charge in [0, 0.05) is 4.47 Å². The zero-order valence-corrected chi connectivity index (χ0v) is 12.4. The molecule has 0 fully saturated rings. The molecule has 0 unspecified atom stereocenters. The van der Waals surface area contributed by atoms with Crippen LogP contribution in [0.4, 0.5) is 5.69 Å². The number of nitrogen functional groups attached to an aromatic ring is 1.